The number of pyridine rings is 1. The molecule has 8 heteroatoms. The zero-order valence-corrected chi connectivity index (χ0v) is 15.2. The number of hydrogen-bond acceptors (Lipinski definition) is 7. The molecule has 0 radical (unpaired) electrons. The SMILES string of the molecule is NC(=O)c1ncc(N[C@@H]2CCCC[C@@H]2N)cc1Nc1ccnc(C2CC2)n1. The number of rotatable bonds is 6. The van der Waals surface area contributed by atoms with Gasteiger partial charge in [-0.2, -0.15) is 0 Å². The molecule has 0 aromatic carbocycles. The van der Waals surface area contributed by atoms with E-state index in [0.29, 0.717) is 17.4 Å². The van der Waals surface area contributed by atoms with E-state index in [0.717, 1.165) is 43.6 Å². The predicted molar refractivity (Wildman–Crippen MR) is 104 cm³/mol. The molecule has 2 aromatic rings. The lowest BCUT2D eigenvalue weighted by Gasteiger charge is -2.30. The Labute approximate surface area is 158 Å². The van der Waals surface area contributed by atoms with Crippen LogP contribution < -0.4 is 22.1 Å². The Balaban J connectivity index is 1.57. The van der Waals surface area contributed by atoms with E-state index in [1.807, 2.05) is 6.07 Å². The maximum atomic E-state index is 11.8. The first-order valence-corrected chi connectivity index (χ1v) is 9.52. The minimum Gasteiger partial charge on any atom is -0.379 e. The highest BCUT2D eigenvalue weighted by molar-refractivity contribution is 5.97. The van der Waals surface area contributed by atoms with Gasteiger partial charge in [-0.1, -0.05) is 12.8 Å². The van der Waals surface area contributed by atoms with Crippen LogP contribution in [0, 0.1) is 0 Å². The fraction of sp³-hybridized carbons (Fsp3) is 0.474. The summed E-state index contributed by atoms with van der Waals surface area (Å²) >= 11 is 0. The number of amides is 1. The number of carbonyl (C=O) groups is 1. The molecule has 2 atom stereocenters. The Morgan fingerprint density at radius 2 is 1.96 bits per heavy atom. The number of nitrogens with zero attached hydrogens (tertiary/aromatic N) is 3. The summed E-state index contributed by atoms with van der Waals surface area (Å²) in [5.41, 5.74) is 13.2. The molecule has 2 aliphatic carbocycles. The lowest BCUT2D eigenvalue weighted by atomic mass is 9.91. The van der Waals surface area contributed by atoms with Crippen LogP contribution in [0.5, 0.6) is 0 Å². The van der Waals surface area contributed by atoms with Crippen LogP contribution in [-0.2, 0) is 0 Å². The summed E-state index contributed by atoms with van der Waals surface area (Å²) in [7, 11) is 0. The first-order chi connectivity index (χ1) is 13.1. The van der Waals surface area contributed by atoms with Crippen molar-refractivity contribution in [2.24, 2.45) is 11.5 Å². The zero-order valence-electron chi connectivity index (χ0n) is 15.2. The van der Waals surface area contributed by atoms with E-state index in [1.54, 1.807) is 18.5 Å². The van der Waals surface area contributed by atoms with Crippen LogP contribution in [0.15, 0.2) is 24.5 Å². The van der Waals surface area contributed by atoms with E-state index < -0.39 is 5.91 Å². The molecule has 6 N–H and O–H groups in total. The van der Waals surface area contributed by atoms with Gasteiger partial charge >= 0.3 is 0 Å². The largest absolute Gasteiger partial charge is 0.379 e. The Bertz CT molecular complexity index is 837. The van der Waals surface area contributed by atoms with E-state index in [9.17, 15) is 4.79 Å². The van der Waals surface area contributed by atoms with Gasteiger partial charge in [0.2, 0.25) is 0 Å². The third-order valence-corrected chi connectivity index (χ3v) is 5.17. The summed E-state index contributed by atoms with van der Waals surface area (Å²) in [4.78, 5) is 24.9. The normalized spacial score (nSPS) is 22.3. The van der Waals surface area contributed by atoms with Crippen molar-refractivity contribution in [1.29, 1.82) is 0 Å². The molecular weight excluding hydrogens is 342 g/mol. The first kappa shape index (κ1) is 17.7. The van der Waals surface area contributed by atoms with E-state index in [1.165, 1.54) is 6.42 Å². The fourth-order valence-electron chi connectivity index (χ4n) is 3.51. The summed E-state index contributed by atoms with van der Waals surface area (Å²) < 4.78 is 0. The van der Waals surface area contributed by atoms with E-state index >= 15 is 0 Å². The topological polar surface area (TPSA) is 132 Å². The Morgan fingerprint density at radius 1 is 1.15 bits per heavy atom. The fourth-order valence-corrected chi connectivity index (χ4v) is 3.51. The average Bonchev–Trinajstić information content (AvgIpc) is 3.49. The van der Waals surface area contributed by atoms with Crippen molar-refractivity contribution in [3.8, 4) is 0 Å². The third kappa shape index (κ3) is 4.16. The maximum absolute atomic E-state index is 11.8. The summed E-state index contributed by atoms with van der Waals surface area (Å²) in [6.45, 7) is 0. The molecule has 2 heterocycles. The van der Waals surface area contributed by atoms with Crippen LogP contribution in [0.1, 0.15) is 60.8 Å². The standard InChI is InChI=1S/C19H25N7O/c20-13-3-1-2-4-14(13)24-12-9-15(17(18(21)27)23-10-12)25-16-7-8-22-19(26-16)11-5-6-11/h7-11,13-14,24H,1-6,20H2,(H2,21,27)(H,22,25,26)/t13-,14+/m0/s1. The Kier molecular flexibility index (Phi) is 4.89. The van der Waals surface area contributed by atoms with Gasteiger partial charge in [0.1, 0.15) is 11.6 Å². The molecule has 2 aromatic heterocycles. The second-order valence-electron chi connectivity index (χ2n) is 7.38. The van der Waals surface area contributed by atoms with Gasteiger partial charge in [0, 0.05) is 24.2 Å². The molecule has 0 aliphatic heterocycles. The average molecular weight is 367 g/mol. The molecule has 0 saturated heterocycles. The number of carbonyl (C=O) groups excluding carboxylic acids is 1. The lowest BCUT2D eigenvalue weighted by molar-refractivity contribution is 0.0996. The van der Waals surface area contributed by atoms with Gasteiger partial charge in [-0.3, -0.25) is 4.79 Å². The maximum Gasteiger partial charge on any atom is 0.269 e. The van der Waals surface area contributed by atoms with Gasteiger partial charge in [0.05, 0.1) is 17.6 Å². The molecule has 2 aliphatic rings. The molecular formula is C19H25N7O. The monoisotopic (exact) mass is 367 g/mol. The molecule has 1 amide bonds. The summed E-state index contributed by atoms with van der Waals surface area (Å²) in [6, 6.07) is 3.93. The van der Waals surface area contributed by atoms with Gasteiger partial charge in [-0.15, -0.1) is 0 Å². The highest BCUT2D eigenvalue weighted by Crippen LogP contribution is 2.38. The molecule has 0 spiro atoms. The van der Waals surface area contributed by atoms with Crippen LogP contribution >= 0.6 is 0 Å². The van der Waals surface area contributed by atoms with Crippen molar-refractivity contribution >= 4 is 23.1 Å². The second kappa shape index (κ2) is 7.48. The lowest BCUT2D eigenvalue weighted by Crippen LogP contribution is -2.42. The van der Waals surface area contributed by atoms with Gasteiger partial charge in [0.25, 0.3) is 5.91 Å². The van der Waals surface area contributed by atoms with Crippen molar-refractivity contribution < 1.29 is 4.79 Å². The minimum atomic E-state index is -0.588. The first-order valence-electron chi connectivity index (χ1n) is 9.52. The smallest absolute Gasteiger partial charge is 0.269 e. The predicted octanol–water partition coefficient (Wildman–Crippen LogP) is 2.27. The van der Waals surface area contributed by atoms with Crippen LogP contribution in [0.2, 0.25) is 0 Å². The Hall–Kier alpha value is -2.74. The molecule has 0 bridgehead atoms. The minimum absolute atomic E-state index is 0.119. The molecule has 8 nitrogen and oxygen atoms in total. The number of aromatic nitrogens is 3. The summed E-state index contributed by atoms with van der Waals surface area (Å²) in [6.07, 6.45) is 9.97. The molecule has 142 valence electrons. The van der Waals surface area contributed by atoms with Crippen molar-refractivity contribution in [3.05, 3.63) is 36.0 Å². The third-order valence-electron chi connectivity index (χ3n) is 5.17. The summed E-state index contributed by atoms with van der Waals surface area (Å²) in [5.74, 6) is 1.31. The van der Waals surface area contributed by atoms with Crippen molar-refractivity contribution in [3.63, 3.8) is 0 Å². The van der Waals surface area contributed by atoms with Gasteiger partial charge in [0.15, 0.2) is 5.69 Å². The van der Waals surface area contributed by atoms with E-state index in [4.69, 9.17) is 11.5 Å². The molecule has 27 heavy (non-hydrogen) atoms. The van der Waals surface area contributed by atoms with E-state index in [2.05, 4.69) is 25.6 Å². The van der Waals surface area contributed by atoms with Crippen LogP contribution in [0.4, 0.5) is 17.2 Å². The molecule has 2 saturated carbocycles. The van der Waals surface area contributed by atoms with Crippen LogP contribution in [0.3, 0.4) is 0 Å². The van der Waals surface area contributed by atoms with E-state index in [-0.39, 0.29) is 17.8 Å². The van der Waals surface area contributed by atoms with Crippen LogP contribution in [0.25, 0.3) is 0 Å². The van der Waals surface area contributed by atoms with Crippen molar-refractivity contribution in [1.82, 2.24) is 15.0 Å². The number of anilines is 3. The summed E-state index contributed by atoms with van der Waals surface area (Å²) in [5, 5.41) is 6.63. The highest BCUT2D eigenvalue weighted by Gasteiger charge is 2.27. The number of nitrogens with two attached hydrogens (primary N) is 2. The van der Waals surface area contributed by atoms with Crippen molar-refractivity contribution in [2.45, 2.75) is 56.5 Å². The highest BCUT2D eigenvalue weighted by atomic mass is 16.1. The Morgan fingerprint density at radius 3 is 2.70 bits per heavy atom. The van der Waals surface area contributed by atoms with Gasteiger partial charge in [-0.25, -0.2) is 15.0 Å². The number of hydrogen-bond donors (Lipinski definition) is 4. The van der Waals surface area contributed by atoms with Gasteiger partial charge in [-0.05, 0) is 37.8 Å². The molecule has 0 unspecified atom stereocenters. The van der Waals surface area contributed by atoms with Crippen LogP contribution in [-0.4, -0.2) is 32.9 Å². The number of nitrogens with one attached hydrogen (secondary N) is 2. The molecule has 2 fully saturated rings. The zero-order chi connectivity index (χ0) is 18.8. The quantitative estimate of drug-likeness (QED) is 0.616. The molecule has 4 rings (SSSR count). The number of primary amides is 1. The second-order valence-corrected chi connectivity index (χ2v) is 7.38. The van der Waals surface area contributed by atoms with Crippen molar-refractivity contribution in [2.75, 3.05) is 10.6 Å². The van der Waals surface area contributed by atoms with Gasteiger partial charge < -0.3 is 22.1 Å².